The van der Waals surface area contributed by atoms with Gasteiger partial charge in [-0.05, 0) is 0 Å². The molecule has 0 aromatic carbocycles. The number of fused-ring (bicyclic) bond motifs is 1. The minimum Gasteiger partial charge on any atom is -0.394 e. The number of aromatic nitrogens is 2. The van der Waals surface area contributed by atoms with Crippen molar-refractivity contribution in [3.8, 4) is 0 Å². The van der Waals surface area contributed by atoms with E-state index >= 15 is 0 Å². The number of aliphatic hydroxyl groups excluding tert-OH is 2. The Labute approximate surface area is 115 Å². The van der Waals surface area contributed by atoms with Crippen molar-refractivity contribution in [2.45, 2.75) is 30.2 Å². The van der Waals surface area contributed by atoms with Crippen LogP contribution in [0.5, 0.6) is 0 Å². The summed E-state index contributed by atoms with van der Waals surface area (Å²) in [6.45, 7) is -0.199. The topological polar surface area (TPSA) is 83.1 Å². The van der Waals surface area contributed by atoms with Gasteiger partial charge in [0.2, 0.25) is 0 Å². The summed E-state index contributed by atoms with van der Waals surface area (Å²) < 4.78 is 7.38. The van der Waals surface area contributed by atoms with Crippen molar-refractivity contribution in [2.75, 3.05) is 13.7 Å². The third-order valence-electron chi connectivity index (χ3n) is 3.48. The monoisotopic (exact) mass is 284 g/mol. The van der Waals surface area contributed by atoms with Gasteiger partial charge in [0, 0.05) is 13.5 Å². The van der Waals surface area contributed by atoms with Crippen LogP contribution < -0.4 is 0 Å². The predicted octanol–water partition coefficient (Wildman–Crippen LogP) is 0.0574. The van der Waals surface area contributed by atoms with E-state index < -0.39 is 12.2 Å². The van der Waals surface area contributed by atoms with Gasteiger partial charge in [0.25, 0.3) is 0 Å². The summed E-state index contributed by atoms with van der Waals surface area (Å²) in [5.41, 5.74) is 0.763. The Kier molecular flexibility index (Phi) is 3.25. The molecule has 0 aliphatic carbocycles. The van der Waals surface area contributed by atoms with Crippen LogP contribution in [0.4, 0.5) is 5.82 Å². The Bertz CT molecular complexity index is 506. The van der Waals surface area contributed by atoms with Crippen molar-refractivity contribution >= 4 is 24.8 Å². The van der Waals surface area contributed by atoms with E-state index in [4.69, 9.17) is 9.84 Å². The summed E-state index contributed by atoms with van der Waals surface area (Å²) in [6.07, 6.45) is 2.16. The van der Waals surface area contributed by atoms with Crippen molar-refractivity contribution in [3.05, 3.63) is 12.0 Å². The number of nitrogens with zero attached hydrogens (tertiary/aromatic N) is 4. The van der Waals surface area contributed by atoms with Gasteiger partial charge in [0.1, 0.15) is 23.4 Å². The van der Waals surface area contributed by atoms with E-state index in [1.807, 2.05) is 11.9 Å². The summed E-state index contributed by atoms with van der Waals surface area (Å²) in [6, 6.07) is 0. The van der Waals surface area contributed by atoms with E-state index in [-0.39, 0.29) is 18.2 Å². The summed E-state index contributed by atoms with van der Waals surface area (Å²) >= 11 is 4.47. The van der Waals surface area contributed by atoms with Crippen LogP contribution >= 0.6 is 12.6 Å². The van der Waals surface area contributed by atoms with Gasteiger partial charge < -0.3 is 19.8 Å². The minimum atomic E-state index is -0.671. The lowest BCUT2D eigenvalue weighted by Gasteiger charge is -2.25. The van der Waals surface area contributed by atoms with Crippen LogP contribution in [-0.2, 0) is 4.74 Å². The largest absolute Gasteiger partial charge is 0.394 e. The highest BCUT2D eigenvalue weighted by atomic mass is 32.1. The molecule has 104 valence electrons. The predicted molar refractivity (Wildman–Crippen MR) is 71.5 cm³/mol. The molecule has 1 saturated heterocycles. The third-order valence-corrected chi connectivity index (χ3v) is 4.09. The SMILES string of the molecule is CN1C=Nc2c(ncn2[C@H]2CC(O)[C@@H](CO)O2)C1S. The second-order valence-electron chi connectivity index (χ2n) is 4.76. The molecule has 7 nitrogen and oxygen atoms in total. The zero-order chi connectivity index (χ0) is 13.6. The number of imidazole rings is 1. The smallest absolute Gasteiger partial charge is 0.162 e. The standard InChI is InChI=1S/C11H16N4O3S/c1-14-4-13-10-9(11(14)19)12-5-15(10)8-2-6(17)7(3-16)18-8/h4-8,11,16-17,19H,2-3H2,1H3/t6?,7-,8-,11?/m1/s1. The average molecular weight is 284 g/mol. The van der Waals surface area contributed by atoms with Crippen LogP contribution in [0.3, 0.4) is 0 Å². The quantitative estimate of drug-likeness (QED) is 0.669. The Hall–Kier alpha value is -1.09. The average Bonchev–Trinajstić information content (AvgIpc) is 2.97. The second kappa shape index (κ2) is 4.78. The maximum Gasteiger partial charge on any atom is 0.162 e. The van der Waals surface area contributed by atoms with Gasteiger partial charge in [-0.15, -0.1) is 12.6 Å². The highest BCUT2D eigenvalue weighted by Crippen LogP contribution is 2.38. The van der Waals surface area contributed by atoms with Crippen molar-refractivity contribution in [2.24, 2.45) is 4.99 Å². The first-order chi connectivity index (χ1) is 9.11. The van der Waals surface area contributed by atoms with Gasteiger partial charge in [-0.1, -0.05) is 0 Å². The fraction of sp³-hybridized carbons (Fsp3) is 0.636. The molecule has 2 aliphatic heterocycles. The van der Waals surface area contributed by atoms with Gasteiger partial charge in [0.05, 0.1) is 25.4 Å². The van der Waals surface area contributed by atoms with Gasteiger partial charge in [-0.25, -0.2) is 9.98 Å². The van der Waals surface area contributed by atoms with Crippen molar-refractivity contribution in [1.29, 1.82) is 0 Å². The van der Waals surface area contributed by atoms with Crippen LogP contribution in [0.2, 0.25) is 0 Å². The van der Waals surface area contributed by atoms with Crippen molar-refractivity contribution < 1.29 is 14.9 Å². The Balaban J connectivity index is 1.89. The molecule has 1 aromatic heterocycles. The Morgan fingerprint density at radius 3 is 3.05 bits per heavy atom. The molecule has 0 spiro atoms. The third kappa shape index (κ3) is 2.04. The molecule has 3 rings (SSSR count). The molecule has 19 heavy (non-hydrogen) atoms. The molecule has 4 atom stereocenters. The fourth-order valence-corrected chi connectivity index (χ4v) is 2.59. The van der Waals surface area contributed by atoms with Gasteiger partial charge in [0.15, 0.2) is 5.82 Å². The maximum atomic E-state index is 9.78. The molecule has 0 amide bonds. The van der Waals surface area contributed by atoms with Gasteiger partial charge in [-0.3, -0.25) is 4.57 Å². The first-order valence-corrected chi connectivity index (χ1v) is 6.58. The van der Waals surface area contributed by atoms with Crippen molar-refractivity contribution in [3.63, 3.8) is 0 Å². The Morgan fingerprint density at radius 1 is 1.58 bits per heavy atom. The molecule has 2 N–H and O–H groups in total. The lowest BCUT2D eigenvalue weighted by molar-refractivity contribution is -0.0438. The normalized spacial score (nSPS) is 33.8. The van der Waals surface area contributed by atoms with Gasteiger partial charge in [-0.2, -0.15) is 0 Å². The molecule has 1 aromatic rings. The first-order valence-electron chi connectivity index (χ1n) is 6.07. The van der Waals surface area contributed by atoms with E-state index in [1.54, 1.807) is 17.2 Å². The molecule has 0 bridgehead atoms. The summed E-state index contributed by atoms with van der Waals surface area (Å²) in [5.74, 6) is 0.689. The van der Waals surface area contributed by atoms with Crippen LogP contribution in [0.1, 0.15) is 23.7 Å². The highest BCUT2D eigenvalue weighted by molar-refractivity contribution is 7.80. The molecule has 8 heteroatoms. The zero-order valence-corrected chi connectivity index (χ0v) is 11.3. The minimum absolute atomic E-state index is 0.145. The number of aliphatic imine (C=N–C) groups is 1. The van der Waals surface area contributed by atoms with Crippen molar-refractivity contribution in [1.82, 2.24) is 14.5 Å². The van der Waals surface area contributed by atoms with Crippen LogP contribution in [0.15, 0.2) is 11.3 Å². The number of hydrogen-bond donors (Lipinski definition) is 3. The molecule has 2 aliphatic rings. The van der Waals surface area contributed by atoms with E-state index in [0.29, 0.717) is 12.2 Å². The molecule has 0 radical (unpaired) electrons. The van der Waals surface area contributed by atoms with E-state index in [2.05, 4.69) is 22.6 Å². The lowest BCUT2D eigenvalue weighted by Crippen LogP contribution is -2.24. The first kappa shape index (κ1) is 12.9. The second-order valence-corrected chi connectivity index (χ2v) is 5.25. The maximum absolute atomic E-state index is 9.78. The number of hydrogen-bond acceptors (Lipinski definition) is 7. The zero-order valence-electron chi connectivity index (χ0n) is 10.4. The summed E-state index contributed by atoms with van der Waals surface area (Å²) in [7, 11) is 1.88. The highest BCUT2D eigenvalue weighted by Gasteiger charge is 2.36. The number of aliphatic hydroxyl groups is 2. The number of rotatable bonds is 2. The van der Waals surface area contributed by atoms with Crippen LogP contribution in [0, 0.1) is 0 Å². The molecular formula is C11H16N4O3S. The number of thiol groups is 1. The van der Waals surface area contributed by atoms with E-state index in [1.165, 1.54) is 0 Å². The molecule has 3 heterocycles. The van der Waals surface area contributed by atoms with Gasteiger partial charge >= 0.3 is 0 Å². The van der Waals surface area contributed by atoms with Crippen LogP contribution in [-0.4, -0.2) is 56.9 Å². The molecule has 1 fully saturated rings. The molecular weight excluding hydrogens is 268 g/mol. The molecule has 2 unspecified atom stereocenters. The van der Waals surface area contributed by atoms with E-state index in [9.17, 15) is 5.11 Å². The molecule has 0 saturated carbocycles. The fourth-order valence-electron chi connectivity index (χ4n) is 2.35. The summed E-state index contributed by atoms with van der Waals surface area (Å²) in [5, 5.41) is 18.7. The van der Waals surface area contributed by atoms with E-state index in [0.717, 1.165) is 5.69 Å². The van der Waals surface area contributed by atoms with Crippen LogP contribution in [0.25, 0.3) is 0 Å². The summed E-state index contributed by atoms with van der Waals surface area (Å²) in [4.78, 5) is 10.5. The number of ether oxygens (including phenoxy) is 1. The lowest BCUT2D eigenvalue weighted by atomic mass is 10.2. The Morgan fingerprint density at radius 2 is 2.37 bits per heavy atom.